The van der Waals surface area contributed by atoms with E-state index >= 15 is 0 Å². The van der Waals surface area contributed by atoms with E-state index in [0.29, 0.717) is 0 Å². The molecule has 0 saturated heterocycles. The predicted octanol–water partition coefficient (Wildman–Crippen LogP) is 2.83. The monoisotopic (exact) mass is 284 g/mol. The van der Waals surface area contributed by atoms with Crippen LogP contribution >= 0.6 is 11.3 Å². The van der Waals surface area contributed by atoms with Gasteiger partial charge in [-0.25, -0.2) is 9.67 Å². The number of likely N-dealkylation sites (N-methyl/N-ethyl adjacent to an activating group) is 1. The van der Waals surface area contributed by atoms with Gasteiger partial charge in [0.2, 0.25) is 0 Å². The van der Waals surface area contributed by atoms with E-state index in [0.717, 1.165) is 17.1 Å². The molecule has 2 aromatic heterocycles. The molecule has 0 radical (unpaired) electrons. The van der Waals surface area contributed by atoms with E-state index in [1.54, 1.807) is 11.3 Å². The molecular weight excluding hydrogens is 268 g/mol. The third-order valence-electron chi connectivity index (χ3n) is 3.24. The minimum absolute atomic E-state index is 0.235. The second-order valence-electron chi connectivity index (χ2n) is 4.53. The topological polar surface area (TPSA) is 42.7 Å². The fourth-order valence-electron chi connectivity index (χ4n) is 2.15. The molecule has 0 aliphatic heterocycles. The van der Waals surface area contributed by atoms with Gasteiger partial charge < -0.3 is 5.32 Å². The van der Waals surface area contributed by atoms with Gasteiger partial charge in [-0.05, 0) is 19.2 Å². The number of nitrogens with one attached hydrogen (secondary N) is 1. The van der Waals surface area contributed by atoms with Gasteiger partial charge in [-0.3, -0.25) is 0 Å². The number of hydrogen-bond acceptors (Lipinski definition) is 4. The molecule has 20 heavy (non-hydrogen) atoms. The summed E-state index contributed by atoms with van der Waals surface area (Å²) in [6, 6.07) is 10.4. The Kier molecular flexibility index (Phi) is 3.90. The van der Waals surface area contributed by atoms with E-state index in [1.807, 2.05) is 59.8 Å². The van der Waals surface area contributed by atoms with Crippen LogP contribution in [0.25, 0.3) is 5.69 Å². The van der Waals surface area contributed by atoms with Crippen LogP contribution in [0.3, 0.4) is 0 Å². The highest BCUT2D eigenvalue weighted by molar-refractivity contribution is 7.09. The van der Waals surface area contributed by atoms with E-state index in [9.17, 15) is 0 Å². The predicted molar refractivity (Wildman–Crippen MR) is 81.2 cm³/mol. The fraction of sp³-hybridized carbons (Fsp3) is 0.200. The Morgan fingerprint density at radius 2 is 2.15 bits per heavy atom. The largest absolute Gasteiger partial charge is 0.313 e. The maximum atomic E-state index is 4.44. The summed E-state index contributed by atoms with van der Waals surface area (Å²) >= 11 is 1.69. The molecule has 1 aromatic carbocycles. The van der Waals surface area contributed by atoms with Gasteiger partial charge in [-0.2, -0.15) is 5.10 Å². The first kappa shape index (κ1) is 13.0. The molecular formula is C15H16N4S. The summed E-state index contributed by atoms with van der Waals surface area (Å²) in [6.07, 6.45) is 6.72. The molecule has 3 rings (SSSR count). The first-order valence-electron chi connectivity index (χ1n) is 6.52. The number of rotatable bonds is 5. The third kappa shape index (κ3) is 2.79. The number of benzene rings is 1. The molecule has 0 spiro atoms. The zero-order valence-electron chi connectivity index (χ0n) is 11.2. The molecule has 0 aliphatic rings. The van der Waals surface area contributed by atoms with Crippen LogP contribution in [0, 0.1) is 0 Å². The second kappa shape index (κ2) is 5.98. The lowest BCUT2D eigenvalue weighted by Crippen LogP contribution is -2.18. The van der Waals surface area contributed by atoms with Crippen molar-refractivity contribution in [1.29, 1.82) is 0 Å². The van der Waals surface area contributed by atoms with Gasteiger partial charge in [0.05, 0.1) is 16.9 Å². The summed E-state index contributed by atoms with van der Waals surface area (Å²) < 4.78 is 1.90. The summed E-state index contributed by atoms with van der Waals surface area (Å²) in [6.45, 7) is 0. The molecule has 4 nitrogen and oxygen atoms in total. The zero-order chi connectivity index (χ0) is 13.8. The highest BCUT2D eigenvalue weighted by Crippen LogP contribution is 2.20. The number of thiazole rings is 1. The molecule has 3 aromatic rings. The molecule has 1 N–H and O–H groups in total. The molecule has 0 saturated carbocycles. The lowest BCUT2D eigenvalue weighted by Gasteiger charge is -2.12. The molecule has 0 bridgehead atoms. The van der Waals surface area contributed by atoms with Crippen LogP contribution in [0.1, 0.15) is 16.6 Å². The Bertz CT molecular complexity index is 646. The van der Waals surface area contributed by atoms with Gasteiger partial charge in [-0.15, -0.1) is 11.3 Å². The smallest absolute Gasteiger partial charge is 0.0943 e. The molecule has 2 heterocycles. The van der Waals surface area contributed by atoms with Crippen molar-refractivity contribution in [2.24, 2.45) is 0 Å². The SMILES string of the molecule is CNC(Cc1nccs1)c1cnn(-c2ccccc2)c1. The van der Waals surface area contributed by atoms with Gasteiger partial charge in [0.1, 0.15) is 0 Å². The Morgan fingerprint density at radius 1 is 1.30 bits per heavy atom. The van der Waals surface area contributed by atoms with E-state index in [-0.39, 0.29) is 6.04 Å². The van der Waals surface area contributed by atoms with Crippen LogP contribution in [0.15, 0.2) is 54.3 Å². The van der Waals surface area contributed by atoms with Gasteiger partial charge in [0.15, 0.2) is 0 Å². The first-order chi connectivity index (χ1) is 9.86. The summed E-state index contributed by atoms with van der Waals surface area (Å²) in [5.41, 5.74) is 2.24. The Morgan fingerprint density at radius 3 is 2.85 bits per heavy atom. The Hall–Kier alpha value is -1.98. The van der Waals surface area contributed by atoms with Crippen molar-refractivity contribution in [2.45, 2.75) is 12.5 Å². The van der Waals surface area contributed by atoms with Crippen molar-refractivity contribution >= 4 is 11.3 Å². The zero-order valence-corrected chi connectivity index (χ0v) is 12.0. The van der Waals surface area contributed by atoms with Crippen LogP contribution < -0.4 is 5.32 Å². The summed E-state index contributed by atoms with van der Waals surface area (Å²) in [7, 11) is 1.97. The van der Waals surface area contributed by atoms with Gasteiger partial charge >= 0.3 is 0 Å². The van der Waals surface area contributed by atoms with Crippen molar-refractivity contribution in [3.8, 4) is 5.69 Å². The highest BCUT2D eigenvalue weighted by atomic mass is 32.1. The van der Waals surface area contributed by atoms with Crippen LogP contribution in [0.5, 0.6) is 0 Å². The number of hydrogen-bond donors (Lipinski definition) is 1. The standard InChI is InChI=1S/C15H16N4S/c1-16-14(9-15-17-7-8-20-15)12-10-18-19(11-12)13-5-3-2-4-6-13/h2-8,10-11,14,16H,9H2,1H3. The van der Waals surface area contributed by atoms with Crippen molar-refractivity contribution < 1.29 is 0 Å². The van der Waals surface area contributed by atoms with Crippen LogP contribution in [-0.4, -0.2) is 21.8 Å². The number of para-hydroxylation sites is 1. The fourth-order valence-corrected chi connectivity index (χ4v) is 2.82. The molecule has 5 heteroatoms. The van der Waals surface area contributed by atoms with Gasteiger partial charge in [-0.1, -0.05) is 18.2 Å². The minimum Gasteiger partial charge on any atom is -0.313 e. The summed E-state index contributed by atoms with van der Waals surface area (Å²) in [4.78, 5) is 4.35. The lowest BCUT2D eigenvalue weighted by molar-refractivity contribution is 0.590. The third-order valence-corrected chi connectivity index (χ3v) is 4.04. The van der Waals surface area contributed by atoms with Crippen LogP contribution in [0.2, 0.25) is 0 Å². The number of aromatic nitrogens is 3. The molecule has 1 unspecified atom stereocenters. The van der Waals surface area contributed by atoms with Gasteiger partial charge in [0, 0.05) is 35.8 Å². The highest BCUT2D eigenvalue weighted by Gasteiger charge is 2.14. The van der Waals surface area contributed by atoms with E-state index in [2.05, 4.69) is 21.6 Å². The molecule has 0 fully saturated rings. The Labute approximate surface area is 122 Å². The average molecular weight is 284 g/mol. The maximum absolute atomic E-state index is 4.44. The minimum atomic E-state index is 0.235. The summed E-state index contributed by atoms with van der Waals surface area (Å²) in [5, 5.41) is 10.9. The van der Waals surface area contributed by atoms with Crippen molar-refractivity contribution in [1.82, 2.24) is 20.1 Å². The lowest BCUT2D eigenvalue weighted by atomic mass is 10.1. The van der Waals surface area contributed by atoms with Crippen molar-refractivity contribution in [3.63, 3.8) is 0 Å². The Balaban J connectivity index is 1.81. The molecule has 102 valence electrons. The maximum Gasteiger partial charge on any atom is 0.0943 e. The second-order valence-corrected chi connectivity index (χ2v) is 5.50. The van der Waals surface area contributed by atoms with Crippen LogP contribution in [-0.2, 0) is 6.42 Å². The normalized spacial score (nSPS) is 12.4. The van der Waals surface area contributed by atoms with E-state index in [4.69, 9.17) is 0 Å². The average Bonchev–Trinajstić information content (AvgIpc) is 3.17. The van der Waals surface area contributed by atoms with Crippen molar-refractivity contribution in [3.05, 3.63) is 64.9 Å². The van der Waals surface area contributed by atoms with Gasteiger partial charge in [0.25, 0.3) is 0 Å². The summed E-state index contributed by atoms with van der Waals surface area (Å²) in [5.74, 6) is 0. The van der Waals surface area contributed by atoms with Crippen molar-refractivity contribution in [2.75, 3.05) is 7.05 Å². The quantitative estimate of drug-likeness (QED) is 0.783. The number of nitrogens with zero attached hydrogens (tertiary/aromatic N) is 3. The molecule has 0 aliphatic carbocycles. The van der Waals surface area contributed by atoms with E-state index in [1.165, 1.54) is 5.56 Å². The van der Waals surface area contributed by atoms with E-state index < -0.39 is 0 Å². The first-order valence-corrected chi connectivity index (χ1v) is 7.40. The molecule has 0 amide bonds. The van der Waals surface area contributed by atoms with Crippen LogP contribution in [0.4, 0.5) is 0 Å². The molecule has 1 atom stereocenters.